The smallest absolute Gasteiger partial charge is 0.410 e. The van der Waals surface area contributed by atoms with Crippen molar-refractivity contribution in [3.8, 4) is 0 Å². The molecule has 2 aromatic rings. The van der Waals surface area contributed by atoms with Crippen molar-refractivity contribution < 1.29 is 14.3 Å². The van der Waals surface area contributed by atoms with Gasteiger partial charge in [-0.3, -0.25) is 9.20 Å². The molecule has 7 nitrogen and oxygen atoms in total. The zero-order valence-corrected chi connectivity index (χ0v) is 15.6. The summed E-state index contributed by atoms with van der Waals surface area (Å²) < 4.78 is 7.34. The minimum absolute atomic E-state index is 0.0374. The van der Waals surface area contributed by atoms with E-state index in [0.717, 1.165) is 23.5 Å². The number of piperidine rings is 1. The van der Waals surface area contributed by atoms with Gasteiger partial charge in [0.1, 0.15) is 5.60 Å². The summed E-state index contributed by atoms with van der Waals surface area (Å²) in [5.74, 6) is -0.241. The lowest BCUT2D eigenvalue weighted by atomic mass is 9.97. The van der Waals surface area contributed by atoms with Crippen LogP contribution in [0.3, 0.4) is 0 Å². The first kappa shape index (κ1) is 17.7. The lowest BCUT2D eigenvalue weighted by Gasteiger charge is -2.33. The summed E-state index contributed by atoms with van der Waals surface area (Å²) in [6, 6.07) is 0. The third-order valence-corrected chi connectivity index (χ3v) is 4.80. The van der Waals surface area contributed by atoms with Gasteiger partial charge in [-0.25, -0.2) is 9.78 Å². The van der Waals surface area contributed by atoms with E-state index < -0.39 is 5.60 Å². The second-order valence-electron chi connectivity index (χ2n) is 7.31. The number of rotatable bonds is 3. The van der Waals surface area contributed by atoms with Crippen molar-refractivity contribution in [2.45, 2.75) is 45.8 Å². The highest BCUT2D eigenvalue weighted by molar-refractivity contribution is 7.15. The van der Waals surface area contributed by atoms with Gasteiger partial charge in [-0.2, -0.15) is 0 Å². The van der Waals surface area contributed by atoms with Gasteiger partial charge in [-0.15, -0.1) is 11.3 Å². The van der Waals surface area contributed by atoms with E-state index in [4.69, 9.17) is 4.74 Å². The van der Waals surface area contributed by atoms with Gasteiger partial charge in [-0.05, 0) is 33.6 Å². The van der Waals surface area contributed by atoms with Gasteiger partial charge in [0.2, 0.25) is 5.91 Å². The number of fused-ring (bicyclic) bond motifs is 1. The molecular formula is C17H24N4O3S. The van der Waals surface area contributed by atoms with Crippen molar-refractivity contribution in [3.63, 3.8) is 0 Å². The molecule has 0 saturated carbocycles. The lowest BCUT2D eigenvalue weighted by Crippen LogP contribution is -2.46. The van der Waals surface area contributed by atoms with Gasteiger partial charge in [-0.1, -0.05) is 0 Å². The Labute approximate surface area is 151 Å². The van der Waals surface area contributed by atoms with E-state index in [9.17, 15) is 9.59 Å². The molecule has 1 fully saturated rings. The fraction of sp³-hybridized carbons (Fsp3) is 0.588. The fourth-order valence-corrected chi connectivity index (χ4v) is 3.59. The number of likely N-dealkylation sites (tertiary alicyclic amines) is 1. The molecule has 0 radical (unpaired) electrons. The summed E-state index contributed by atoms with van der Waals surface area (Å²) in [7, 11) is 0. The number of hydrogen-bond donors (Lipinski definition) is 1. The summed E-state index contributed by atoms with van der Waals surface area (Å²) >= 11 is 1.56. The first-order chi connectivity index (χ1) is 11.8. The third-order valence-electron chi connectivity index (χ3n) is 4.03. The predicted octanol–water partition coefficient (Wildman–Crippen LogP) is 2.66. The summed E-state index contributed by atoms with van der Waals surface area (Å²) in [6.07, 6.45) is 5.10. The van der Waals surface area contributed by atoms with Gasteiger partial charge >= 0.3 is 6.09 Å². The highest BCUT2D eigenvalue weighted by atomic mass is 32.1. The van der Waals surface area contributed by atoms with E-state index in [0.29, 0.717) is 19.6 Å². The fourth-order valence-electron chi connectivity index (χ4n) is 2.87. The summed E-state index contributed by atoms with van der Waals surface area (Å²) in [5, 5.41) is 4.91. The molecule has 0 aliphatic carbocycles. The topological polar surface area (TPSA) is 75.9 Å². The number of carbonyl (C=O) groups excluding carboxylic acids is 2. The molecule has 1 aliphatic heterocycles. The lowest BCUT2D eigenvalue weighted by molar-refractivity contribution is -0.126. The first-order valence-electron chi connectivity index (χ1n) is 8.48. The Balaban J connectivity index is 1.52. The number of carbonyl (C=O) groups is 2. The van der Waals surface area contributed by atoms with Gasteiger partial charge in [0.25, 0.3) is 0 Å². The second kappa shape index (κ2) is 7.03. The van der Waals surface area contributed by atoms with Crippen LogP contribution >= 0.6 is 11.3 Å². The van der Waals surface area contributed by atoms with Crippen LogP contribution in [0.25, 0.3) is 4.96 Å². The number of aromatic nitrogens is 2. The molecule has 2 aromatic heterocycles. The van der Waals surface area contributed by atoms with E-state index >= 15 is 0 Å². The van der Waals surface area contributed by atoms with Crippen LogP contribution in [0, 0.1) is 5.92 Å². The standard InChI is InChI=1S/C17H24N4O3S/c1-17(2,3)24-16(23)21-6-4-5-12(10-21)14(22)18-9-13-11-20-7-8-25-15(20)19-13/h7-8,11-12H,4-6,9-10H2,1-3H3,(H,18,22). The van der Waals surface area contributed by atoms with Gasteiger partial charge in [0, 0.05) is 30.9 Å². The summed E-state index contributed by atoms with van der Waals surface area (Å²) in [6.45, 7) is 6.96. The maximum atomic E-state index is 12.5. The van der Waals surface area contributed by atoms with Gasteiger partial charge < -0.3 is 15.0 Å². The molecule has 136 valence electrons. The van der Waals surface area contributed by atoms with Crippen LogP contribution in [0.2, 0.25) is 0 Å². The number of ether oxygens (including phenoxy) is 1. The molecule has 1 saturated heterocycles. The van der Waals surface area contributed by atoms with Crippen molar-refractivity contribution in [2.75, 3.05) is 13.1 Å². The van der Waals surface area contributed by atoms with E-state index in [1.54, 1.807) is 16.2 Å². The normalized spacial score (nSPS) is 18.4. The molecule has 3 heterocycles. The first-order valence-corrected chi connectivity index (χ1v) is 9.36. The maximum Gasteiger partial charge on any atom is 0.410 e. The molecule has 3 rings (SSSR count). The zero-order chi connectivity index (χ0) is 18.0. The van der Waals surface area contributed by atoms with Crippen molar-refractivity contribution in [1.82, 2.24) is 19.6 Å². The van der Waals surface area contributed by atoms with Gasteiger partial charge in [0.15, 0.2) is 4.96 Å². The Morgan fingerprint density at radius 1 is 1.44 bits per heavy atom. The third kappa shape index (κ3) is 4.50. The van der Waals surface area contributed by atoms with Crippen LogP contribution in [-0.2, 0) is 16.1 Å². The van der Waals surface area contributed by atoms with Crippen LogP contribution in [0.15, 0.2) is 17.8 Å². The SMILES string of the molecule is CC(C)(C)OC(=O)N1CCCC(C(=O)NCc2cn3ccsc3n2)C1. The Kier molecular flexibility index (Phi) is 4.99. The van der Waals surface area contributed by atoms with Crippen molar-refractivity contribution >= 4 is 28.3 Å². The Morgan fingerprint density at radius 2 is 2.24 bits per heavy atom. The van der Waals surface area contributed by atoms with E-state index in [-0.39, 0.29) is 17.9 Å². The summed E-state index contributed by atoms with van der Waals surface area (Å²) in [5.41, 5.74) is 0.306. The Bertz CT molecular complexity index is 733. The molecule has 0 aromatic carbocycles. The van der Waals surface area contributed by atoms with E-state index in [1.165, 1.54) is 0 Å². The van der Waals surface area contributed by atoms with Crippen molar-refractivity contribution in [3.05, 3.63) is 23.5 Å². The molecule has 1 N–H and O–H groups in total. The zero-order valence-electron chi connectivity index (χ0n) is 14.8. The number of nitrogens with zero attached hydrogens (tertiary/aromatic N) is 3. The Hall–Kier alpha value is -2.09. The highest BCUT2D eigenvalue weighted by Crippen LogP contribution is 2.20. The molecule has 2 amide bonds. The van der Waals surface area contributed by atoms with E-state index in [2.05, 4.69) is 10.3 Å². The largest absolute Gasteiger partial charge is 0.444 e. The van der Waals surface area contributed by atoms with Crippen LogP contribution in [0.5, 0.6) is 0 Å². The molecule has 1 unspecified atom stereocenters. The average molecular weight is 364 g/mol. The monoisotopic (exact) mass is 364 g/mol. The summed E-state index contributed by atoms with van der Waals surface area (Å²) in [4.78, 5) is 31.6. The molecule has 25 heavy (non-hydrogen) atoms. The molecule has 1 atom stereocenters. The van der Waals surface area contributed by atoms with Crippen molar-refractivity contribution in [2.24, 2.45) is 5.92 Å². The number of hydrogen-bond acceptors (Lipinski definition) is 5. The number of imidazole rings is 1. The Morgan fingerprint density at radius 3 is 2.96 bits per heavy atom. The second-order valence-corrected chi connectivity index (χ2v) is 8.18. The molecule has 0 spiro atoms. The predicted molar refractivity (Wildman–Crippen MR) is 95.4 cm³/mol. The van der Waals surface area contributed by atoms with Crippen molar-refractivity contribution in [1.29, 1.82) is 0 Å². The highest BCUT2D eigenvalue weighted by Gasteiger charge is 2.30. The van der Waals surface area contributed by atoms with Crippen LogP contribution in [-0.4, -0.2) is 45.0 Å². The van der Waals surface area contributed by atoms with Crippen LogP contribution in [0.1, 0.15) is 39.3 Å². The minimum atomic E-state index is -0.528. The number of nitrogens with one attached hydrogen (secondary N) is 1. The number of amides is 2. The molecule has 1 aliphatic rings. The quantitative estimate of drug-likeness (QED) is 0.908. The molecular weight excluding hydrogens is 340 g/mol. The molecule has 0 bridgehead atoms. The molecule has 8 heteroatoms. The number of thiazole rings is 1. The van der Waals surface area contributed by atoms with Gasteiger partial charge in [0.05, 0.1) is 18.2 Å². The van der Waals surface area contributed by atoms with Crippen LogP contribution in [0.4, 0.5) is 4.79 Å². The average Bonchev–Trinajstić information content (AvgIpc) is 3.12. The minimum Gasteiger partial charge on any atom is -0.444 e. The maximum absolute atomic E-state index is 12.5. The van der Waals surface area contributed by atoms with Crippen LogP contribution < -0.4 is 5.32 Å². The van der Waals surface area contributed by atoms with E-state index in [1.807, 2.05) is 42.9 Å².